The van der Waals surface area contributed by atoms with Crippen molar-refractivity contribution in [2.45, 2.75) is 13.5 Å². The first-order valence-corrected chi connectivity index (χ1v) is 10.2. The number of hydrogen-bond acceptors (Lipinski definition) is 6. The zero-order chi connectivity index (χ0) is 21.3. The maximum atomic E-state index is 12.6. The molecule has 1 fully saturated rings. The van der Waals surface area contributed by atoms with E-state index < -0.39 is 5.56 Å². The van der Waals surface area contributed by atoms with Gasteiger partial charge in [0, 0.05) is 31.2 Å². The van der Waals surface area contributed by atoms with Crippen molar-refractivity contribution in [1.82, 2.24) is 9.47 Å². The Bertz CT molecular complexity index is 1160. The van der Waals surface area contributed by atoms with Crippen LogP contribution in [0.25, 0.3) is 6.08 Å². The summed E-state index contributed by atoms with van der Waals surface area (Å²) in [4.78, 5) is 26.9. The van der Waals surface area contributed by atoms with Crippen LogP contribution < -0.4 is 10.9 Å². The van der Waals surface area contributed by atoms with Crippen molar-refractivity contribution in [1.29, 1.82) is 5.26 Å². The van der Waals surface area contributed by atoms with Crippen LogP contribution in [0, 0.1) is 18.3 Å². The van der Waals surface area contributed by atoms with Gasteiger partial charge < -0.3 is 5.32 Å². The molecule has 29 heavy (non-hydrogen) atoms. The molecule has 1 N–H and O–H groups in total. The summed E-state index contributed by atoms with van der Waals surface area (Å²) < 4.78 is 1.83. The van der Waals surface area contributed by atoms with E-state index in [1.807, 2.05) is 24.3 Å². The van der Waals surface area contributed by atoms with E-state index >= 15 is 0 Å². The van der Waals surface area contributed by atoms with Crippen LogP contribution in [0.4, 0.5) is 5.82 Å². The second kappa shape index (κ2) is 8.41. The van der Waals surface area contributed by atoms with E-state index in [2.05, 4.69) is 5.32 Å². The van der Waals surface area contributed by atoms with Crippen molar-refractivity contribution in [3.8, 4) is 6.07 Å². The first-order chi connectivity index (χ1) is 13.8. The molecule has 1 saturated heterocycles. The van der Waals surface area contributed by atoms with Crippen LogP contribution in [0.1, 0.15) is 22.3 Å². The molecule has 6 nitrogen and oxygen atoms in total. The number of amides is 1. The molecule has 1 aliphatic rings. The molecule has 0 unspecified atom stereocenters. The standard InChI is InChI=1S/C20H17ClN4O2S2/c1-11-13(8-16-19(27)25(3)20(28)29-16)17(24(2)18(26)14(11)9-22)23-10-12-6-4-5-7-15(12)21/h4-8,23H,10H2,1-3H3/b16-8+. The summed E-state index contributed by atoms with van der Waals surface area (Å²) in [5.74, 6) is 0.275. The molecule has 1 amide bonds. The van der Waals surface area contributed by atoms with Gasteiger partial charge in [-0.05, 0) is 30.2 Å². The number of benzene rings is 1. The van der Waals surface area contributed by atoms with Crippen LogP contribution >= 0.6 is 35.6 Å². The third kappa shape index (κ3) is 3.94. The summed E-state index contributed by atoms with van der Waals surface area (Å²) in [6.07, 6.45) is 1.67. The van der Waals surface area contributed by atoms with Crippen molar-refractivity contribution < 1.29 is 4.79 Å². The molecule has 2 heterocycles. The summed E-state index contributed by atoms with van der Waals surface area (Å²) in [6, 6.07) is 9.35. The van der Waals surface area contributed by atoms with Gasteiger partial charge >= 0.3 is 0 Å². The Hall–Kier alpha value is -2.60. The maximum absolute atomic E-state index is 12.6. The minimum atomic E-state index is -0.410. The highest BCUT2D eigenvalue weighted by Gasteiger charge is 2.29. The van der Waals surface area contributed by atoms with Crippen LogP contribution in [0.5, 0.6) is 0 Å². The molecule has 9 heteroatoms. The molecule has 0 atom stereocenters. The molecule has 0 saturated carbocycles. The van der Waals surface area contributed by atoms with Crippen LogP contribution in [-0.2, 0) is 18.4 Å². The molecule has 0 aliphatic carbocycles. The molecule has 3 rings (SSSR count). The minimum absolute atomic E-state index is 0.0361. The van der Waals surface area contributed by atoms with Crippen LogP contribution in [0.15, 0.2) is 34.0 Å². The molecule has 1 aromatic heterocycles. The second-order valence-electron chi connectivity index (χ2n) is 6.42. The van der Waals surface area contributed by atoms with Gasteiger partial charge in [-0.1, -0.05) is 53.8 Å². The Balaban J connectivity index is 2.13. The van der Waals surface area contributed by atoms with Gasteiger partial charge in [-0.25, -0.2) is 0 Å². The summed E-state index contributed by atoms with van der Waals surface area (Å²) in [5, 5.41) is 13.3. The van der Waals surface area contributed by atoms with Crippen LogP contribution in [0.2, 0.25) is 5.02 Å². The molecule has 0 spiro atoms. The smallest absolute Gasteiger partial charge is 0.270 e. The third-order valence-corrected chi connectivity index (χ3v) is 6.52. The number of hydrogen-bond donors (Lipinski definition) is 1. The SMILES string of the molecule is Cc1c(/C=C2/SC(=S)N(C)C2=O)c(NCc2ccccc2Cl)n(C)c(=O)c1C#N. The molecular formula is C20H17ClN4O2S2. The monoisotopic (exact) mass is 444 g/mol. The van der Waals surface area contributed by atoms with Gasteiger partial charge in [0.1, 0.15) is 21.8 Å². The number of carbonyl (C=O) groups is 1. The maximum Gasteiger partial charge on any atom is 0.270 e. The minimum Gasteiger partial charge on any atom is -0.367 e. The van der Waals surface area contributed by atoms with Crippen molar-refractivity contribution >= 4 is 57.7 Å². The normalized spacial score (nSPS) is 15.1. The average Bonchev–Trinajstić information content (AvgIpc) is 2.94. The first-order valence-electron chi connectivity index (χ1n) is 8.58. The lowest BCUT2D eigenvalue weighted by Crippen LogP contribution is -2.26. The number of nitrogens with one attached hydrogen (secondary N) is 1. The van der Waals surface area contributed by atoms with Gasteiger partial charge in [0.15, 0.2) is 0 Å². The Morgan fingerprint density at radius 3 is 2.59 bits per heavy atom. The lowest BCUT2D eigenvalue weighted by atomic mass is 10.0. The number of halogens is 1. The summed E-state index contributed by atoms with van der Waals surface area (Å²) in [6.45, 7) is 2.06. The van der Waals surface area contributed by atoms with E-state index in [1.165, 1.54) is 21.2 Å². The summed E-state index contributed by atoms with van der Waals surface area (Å²) >= 11 is 12.6. The van der Waals surface area contributed by atoms with Gasteiger partial charge in [0.2, 0.25) is 0 Å². The van der Waals surface area contributed by atoms with E-state index in [9.17, 15) is 14.9 Å². The van der Waals surface area contributed by atoms with Gasteiger partial charge in [-0.15, -0.1) is 0 Å². The van der Waals surface area contributed by atoms with Crippen LogP contribution in [0.3, 0.4) is 0 Å². The highest BCUT2D eigenvalue weighted by Crippen LogP contribution is 2.34. The van der Waals surface area contributed by atoms with Crippen LogP contribution in [-0.4, -0.2) is 26.7 Å². The van der Waals surface area contributed by atoms with Crippen molar-refractivity contribution in [2.24, 2.45) is 7.05 Å². The number of nitrogens with zero attached hydrogens (tertiary/aromatic N) is 3. The Morgan fingerprint density at radius 1 is 1.31 bits per heavy atom. The van der Waals surface area contributed by atoms with Crippen molar-refractivity contribution in [2.75, 3.05) is 12.4 Å². The first kappa shape index (κ1) is 21.1. The van der Waals surface area contributed by atoms with E-state index in [0.717, 1.165) is 5.56 Å². The zero-order valence-electron chi connectivity index (χ0n) is 15.9. The van der Waals surface area contributed by atoms with Crippen molar-refractivity contribution in [3.05, 3.63) is 66.8 Å². The predicted octanol–water partition coefficient (Wildman–Crippen LogP) is 3.66. The quantitative estimate of drug-likeness (QED) is 0.572. The largest absolute Gasteiger partial charge is 0.367 e. The van der Waals surface area contributed by atoms with Gasteiger partial charge in [-0.2, -0.15) is 5.26 Å². The topological polar surface area (TPSA) is 78.1 Å². The molecule has 1 aliphatic heterocycles. The fraction of sp³-hybridized carbons (Fsp3) is 0.200. The van der Waals surface area contributed by atoms with E-state index in [1.54, 1.807) is 33.2 Å². The lowest BCUT2D eigenvalue weighted by molar-refractivity contribution is -0.121. The zero-order valence-corrected chi connectivity index (χ0v) is 18.3. The van der Waals surface area contributed by atoms with Gasteiger partial charge in [0.25, 0.3) is 11.5 Å². The highest BCUT2D eigenvalue weighted by molar-refractivity contribution is 8.26. The average molecular weight is 445 g/mol. The van der Waals surface area contributed by atoms with E-state index in [-0.39, 0.29) is 11.5 Å². The third-order valence-electron chi connectivity index (χ3n) is 4.67. The number of pyridine rings is 1. The fourth-order valence-corrected chi connectivity index (χ4v) is 4.31. The number of nitriles is 1. The second-order valence-corrected chi connectivity index (χ2v) is 8.51. The number of aromatic nitrogens is 1. The number of rotatable bonds is 4. The predicted molar refractivity (Wildman–Crippen MR) is 121 cm³/mol. The molecule has 0 radical (unpaired) electrons. The molecule has 148 valence electrons. The number of likely N-dealkylation sites (N-methyl/N-ethyl adjacent to an activating group) is 1. The lowest BCUT2D eigenvalue weighted by Gasteiger charge is -2.18. The number of carbonyl (C=O) groups excluding carboxylic acids is 1. The molecular weight excluding hydrogens is 428 g/mol. The van der Waals surface area contributed by atoms with E-state index in [4.69, 9.17) is 23.8 Å². The Kier molecular flexibility index (Phi) is 6.13. The summed E-state index contributed by atoms with van der Waals surface area (Å²) in [7, 11) is 3.20. The number of thiocarbonyl (C=S) groups is 1. The van der Waals surface area contributed by atoms with Crippen molar-refractivity contribution in [3.63, 3.8) is 0 Å². The molecule has 0 bridgehead atoms. The summed E-state index contributed by atoms with van der Waals surface area (Å²) in [5.41, 5.74) is 1.57. The Morgan fingerprint density at radius 2 is 2.00 bits per heavy atom. The van der Waals surface area contributed by atoms with E-state index in [0.29, 0.717) is 37.7 Å². The fourth-order valence-electron chi connectivity index (χ4n) is 2.94. The number of thioether (sulfide) groups is 1. The van der Waals surface area contributed by atoms with Gasteiger partial charge in [-0.3, -0.25) is 19.1 Å². The molecule has 1 aromatic carbocycles. The van der Waals surface area contributed by atoms with Gasteiger partial charge in [0.05, 0.1) is 4.91 Å². The molecule has 2 aromatic rings. The number of anilines is 1. The highest BCUT2D eigenvalue weighted by atomic mass is 35.5. The Labute approximate surface area is 182 Å².